The Labute approximate surface area is 195 Å². The van der Waals surface area contributed by atoms with Crippen molar-refractivity contribution < 1.29 is 9.15 Å². The molecule has 0 spiro atoms. The number of thioether (sulfide) groups is 1. The predicted molar refractivity (Wildman–Crippen MR) is 132 cm³/mol. The Bertz CT molecular complexity index is 1300. The molecule has 4 rings (SSSR count). The number of hydrogen-bond acceptors (Lipinski definition) is 8. The van der Waals surface area contributed by atoms with E-state index >= 15 is 0 Å². The Kier molecular flexibility index (Phi) is 6.81. The minimum absolute atomic E-state index is 0.336. The van der Waals surface area contributed by atoms with Gasteiger partial charge < -0.3 is 14.5 Å². The molecule has 0 aliphatic heterocycles. The summed E-state index contributed by atoms with van der Waals surface area (Å²) in [5.74, 6) is 1.77. The van der Waals surface area contributed by atoms with Gasteiger partial charge in [0.05, 0.1) is 12.3 Å². The quantitative estimate of drug-likeness (QED) is 0.234. The molecule has 0 bridgehead atoms. The first-order valence-electron chi connectivity index (χ1n) is 10.5. The topological polar surface area (TPSA) is 77.2 Å². The molecule has 0 aliphatic carbocycles. The fourth-order valence-corrected chi connectivity index (χ4v) is 5.31. The summed E-state index contributed by atoms with van der Waals surface area (Å²) in [6.07, 6.45) is 0. The maximum atomic E-state index is 12.1. The lowest BCUT2D eigenvalue weighted by atomic mass is 9.95. The van der Waals surface area contributed by atoms with Gasteiger partial charge in [0, 0.05) is 17.2 Å². The minimum Gasteiger partial charge on any atom is -0.492 e. The number of nitrogens with one attached hydrogen (secondary N) is 1. The second kappa shape index (κ2) is 9.75. The van der Waals surface area contributed by atoms with Gasteiger partial charge in [-0.15, -0.1) is 10.2 Å². The summed E-state index contributed by atoms with van der Waals surface area (Å²) in [5, 5.41) is 13.5. The van der Waals surface area contributed by atoms with Crippen LogP contribution in [0.4, 0.5) is 10.8 Å². The molecule has 8 heteroatoms. The van der Waals surface area contributed by atoms with E-state index in [4.69, 9.17) is 9.15 Å². The van der Waals surface area contributed by atoms with Crippen molar-refractivity contribution in [3.8, 4) is 5.75 Å². The van der Waals surface area contributed by atoms with E-state index in [0.717, 1.165) is 32.3 Å². The summed E-state index contributed by atoms with van der Waals surface area (Å²) >= 11 is 3.02. The fraction of sp³-hybridized carbons (Fsp3) is 0.292. The predicted octanol–water partition coefficient (Wildman–Crippen LogP) is 6.51. The first-order chi connectivity index (χ1) is 15.4. The molecule has 0 atom stereocenters. The fourth-order valence-electron chi connectivity index (χ4n) is 3.56. The number of hydrogen-bond donors (Lipinski definition) is 1. The molecule has 6 nitrogen and oxygen atoms in total. The summed E-state index contributed by atoms with van der Waals surface area (Å²) in [6.45, 7) is 8.93. The van der Waals surface area contributed by atoms with Crippen molar-refractivity contribution in [2.75, 3.05) is 11.9 Å². The molecule has 32 heavy (non-hydrogen) atoms. The lowest BCUT2D eigenvalue weighted by Crippen LogP contribution is -2.02. The Morgan fingerprint density at radius 2 is 2.00 bits per heavy atom. The van der Waals surface area contributed by atoms with Gasteiger partial charge in [0.1, 0.15) is 11.3 Å². The number of para-hydroxylation sites is 2. The zero-order chi connectivity index (χ0) is 22.7. The molecule has 4 aromatic rings. The highest BCUT2D eigenvalue weighted by Gasteiger charge is 2.13. The van der Waals surface area contributed by atoms with Gasteiger partial charge in [0.15, 0.2) is 4.34 Å². The third-order valence-electron chi connectivity index (χ3n) is 5.02. The lowest BCUT2D eigenvalue weighted by Gasteiger charge is -2.12. The van der Waals surface area contributed by atoms with E-state index in [0.29, 0.717) is 29.0 Å². The van der Waals surface area contributed by atoms with Crippen LogP contribution >= 0.6 is 23.1 Å². The molecule has 0 saturated carbocycles. The van der Waals surface area contributed by atoms with E-state index in [1.54, 1.807) is 17.8 Å². The number of benzene rings is 2. The van der Waals surface area contributed by atoms with Crippen LogP contribution in [0, 0.1) is 6.92 Å². The van der Waals surface area contributed by atoms with Crippen LogP contribution in [-0.2, 0) is 5.75 Å². The third-order valence-corrected chi connectivity index (χ3v) is 7.05. The number of ether oxygens (including phenoxy) is 1. The maximum absolute atomic E-state index is 12.1. The number of anilines is 2. The van der Waals surface area contributed by atoms with Crippen molar-refractivity contribution in [1.82, 2.24) is 10.2 Å². The van der Waals surface area contributed by atoms with Gasteiger partial charge in [0.2, 0.25) is 5.13 Å². The lowest BCUT2D eigenvalue weighted by molar-refractivity contribution is 0.342. The van der Waals surface area contributed by atoms with Crippen LogP contribution in [0.5, 0.6) is 5.75 Å². The minimum atomic E-state index is -0.336. The standard InChI is InChI=1S/C24H25N3O3S2/c1-5-29-20-9-7-6-8-19(20)25-23-26-27-24(32-23)31-13-16-11-22(28)30-21-10-15(4)17(14(2)3)12-18(16)21/h6-12,14H,5,13H2,1-4H3,(H,25,26). The van der Waals surface area contributed by atoms with Crippen molar-refractivity contribution in [2.45, 2.75) is 43.7 Å². The van der Waals surface area contributed by atoms with Crippen LogP contribution < -0.4 is 15.7 Å². The second-order valence-corrected chi connectivity index (χ2v) is 9.87. The van der Waals surface area contributed by atoms with E-state index in [1.807, 2.05) is 37.3 Å². The molecule has 0 unspecified atom stereocenters. The number of aryl methyl sites for hydroxylation is 1. The van der Waals surface area contributed by atoms with Gasteiger partial charge in [0.25, 0.3) is 0 Å². The van der Waals surface area contributed by atoms with E-state index in [9.17, 15) is 4.79 Å². The monoisotopic (exact) mass is 467 g/mol. The van der Waals surface area contributed by atoms with Gasteiger partial charge in [-0.1, -0.05) is 49.1 Å². The molecule has 2 aromatic carbocycles. The summed E-state index contributed by atoms with van der Waals surface area (Å²) < 4.78 is 11.9. The molecule has 2 heterocycles. The zero-order valence-electron chi connectivity index (χ0n) is 18.5. The first-order valence-corrected chi connectivity index (χ1v) is 12.3. The normalized spacial score (nSPS) is 11.3. The third kappa shape index (κ3) is 4.97. The molecule has 0 radical (unpaired) electrons. The molecular formula is C24H25N3O3S2. The van der Waals surface area contributed by atoms with E-state index < -0.39 is 0 Å². The zero-order valence-corrected chi connectivity index (χ0v) is 20.1. The average Bonchev–Trinajstić information content (AvgIpc) is 3.20. The van der Waals surface area contributed by atoms with Gasteiger partial charge in [-0.3, -0.25) is 0 Å². The van der Waals surface area contributed by atoms with Crippen molar-refractivity contribution in [2.24, 2.45) is 0 Å². The maximum Gasteiger partial charge on any atom is 0.336 e. The Morgan fingerprint density at radius 3 is 2.78 bits per heavy atom. The smallest absolute Gasteiger partial charge is 0.336 e. The summed E-state index contributed by atoms with van der Waals surface area (Å²) in [5.41, 5.74) is 4.47. The summed E-state index contributed by atoms with van der Waals surface area (Å²) in [4.78, 5) is 12.1. The van der Waals surface area contributed by atoms with Crippen molar-refractivity contribution >= 4 is 44.9 Å². The van der Waals surface area contributed by atoms with Gasteiger partial charge in [-0.25, -0.2) is 4.79 Å². The Balaban J connectivity index is 1.54. The van der Waals surface area contributed by atoms with Crippen LogP contribution in [0.15, 0.2) is 56.0 Å². The van der Waals surface area contributed by atoms with Gasteiger partial charge in [-0.2, -0.15) is 0 Å². The van der Waals surface area contributed by atoms with Gasteiger partial charge >= 0.3 is 5.63 Å². The van der Waals surface area contributed by atoms with Crippen LogP contribution in [0.25, 0.3) is 11.0 Å². The van der Waals surface area contributed by atoms with Crippen molar-refractivity contribution in [3.63, 3.8) is 0 Å². The molecule has 2 aromatic heterocycles. The van der Waals surface area contributed by atoms with Crippen molar-refractivity contribution in [3.05, 3.63) is 69.6 Å². The van der Waals surface area contributed by atoms with Crippen LogP contribution in [0.1, 0.15) is 43.4 Å². The number of nitrogens with zero attached hydrogens (tertiary/aromatic N) is 2. The molecule has 1 N–H and O–H groups in total. The molecular weight excluding hydrogens is 442 g/mol. The highest BCUT2D eigenvalue weighted by Crippen LogP contribution is 2.34. The average molecular weight is 468 g/mol. The summed E-state index contributed by atoms with van der Waals surface area (Å²) in [7, 11) is 0. The molecule has 0 fully saturated rings. The molecule has 0 saturated heterocycles. The van der Waals surface area contributed by atoms with E-state index in [2.05, 4.69) is 42.4 Å². The highest BCUT2D eigenvalue weighted by molar-refractivity contribution is 8.00. The van der Waals surface area contributed by atoms with Crippen molar-refractivity contribution in [1.29, 1.82) is 0 Å². The molecule has 166 valence electrons. The SMILES string of the molecule is CCOc1ccccc1Nc1nnc(SCc2cc(=O)oc3cc(C)c(C(C)C)cc23)s1. The van der Waals surface area contributed by atoms with E-state index in [-0.39, 0.29) is 5.63 Å². The summed E-state index contributed by atoms with van der Waals surface area (Å²) in [6, 6.07) is 13.4. The number of aromatic nitrogens is 2. The van der Waals surface area contributed by atoms with Crippen LogP contribution in [-0.4, -0.2) is 16.8 Å². The first kappa shape index (κ1) is 22.4. The largest absolute Gasteiger partial charge is 0.492 e. The Hall–Kier alpha value is -2.84. The van der Waals surface area contributed by atoms with E-state index in [1.165, 1.54) is 16.9 Å². The second-order valence-electron chi connectivity index (χ2n) is 7.67. The molecule has 0 amide bonds. The Morgan fingerprint density at radius 1 is 1.19 bits per heavy atom. The van der Waals surface area contributed by atoms with Crippen LogP contribution in [0.2, 0.25) is 0 Å². The highest BCUT2D eigenvalue weighted by atomic mass is 32.2. The van der Waals surface area contributed by atoms with Gasteiger partial charge in [-0.05, 0) is 60.7 Å². The molecule has 0 aliphatic rings. The number of rotatable bonds is 8. The number of fused-ring (bicyclic) bond motifs is 1. The van der Waals surface area contributed by atoms with Crippen LogP contribution in [0.3, 0.4) is 0 Å².